The standard InChI is InChI=1S/C34H25N3/c1-21(23-12-4-3-5-13-23)35-22(2)36-29-17-9-6-14-24(29)27-20-28-25-15-7-10-18-30(25)37-31-19-11-8-16-26(31)32(33(27)36)34(28)37/h3-21H,1-2H3/t21-/m0/s1. The molecule has 0 saturated heterocycles. The molecule has 0 aliphatic rings. The Kier molecular flexibility index (Phi) is 4.13. The van der Waals surface area contributed by atoms with Crippen molar-refractivity contribution in [1.82, 2.24) is 8.97 Å². The van der Waals surface area contributed by atoms with Gasteiger partial charge in [-0.05, 0) is 43.7 Å². The van der Waals surface area contributed by atoms with E-state index < -0.39 is 0 Å². The molecule has 0 saturated carbocycles. The summed E-state index contributed by atoms with van der Waals surface area (Å²) in [4.78, 5) is 5.23. The lowest BCUT2D eigenvalue weighted by Gasteiger charge is -2.12. The summed E-state index contributed by atoms with van der Waals surface area (Å²) in [5, 5.41) is 7.74. The number of para-hydroxylation sites is 3. The summed E-state index contributed by atoms with van der Waals surface area (Å²) in [5.74, 6) is 1.00. The number of benzene rings is 5. The summed E-state index contributed by atoms with van der Waals surface area (Å²) in [5.41, 5.74) is 7.46. The fourth-order valence-corrected chi connectivity index (χ4v) is 6.44. The van der Waals surface area contributed by atoms with Gasteiger partial charge in [-0.2, -0.15) is 0 Å². The highest BCUT2D eigenvalue weighted by Gasteiger charge is 2.24. The fourth-order valence-electron chi connectivity index (χ4n) is 6.44. The van der Waals surface area contributed by atoms with Crippen LogP contribution in [0.2, 0.25) is 0 Å². The number of rotatable bonds is 2. The summed E-state index contributed by atoms with van der Waals surface area (Å²) in [6.45, 7) is 4.33. The van der Waals surface area contributed by atoms with Gasteiger partial charge in [0.15, 0.2) is 0 Å². The van der Waals surface area contributed by atoms with Crippen LogP contribution in [0.15, 0.2) is 114 Å². The predicted octanol–water partition coefficient (Wildman–Crippen LogP) is 8.97. The van der Waals surface area contributed by atoms with Crippen LogP contribution in [-0.4, -0.2) is 14.8 Å². The Bertz CT molecular complexity index is 2160. The number of hydrogen-bond donors (Lipinski definition) is 0. The average Bonchev–Trinajstić information content (AvgIpc) is 3.58. The fraction of sp³-hybridized carbons (Fsp3) is 0.0882. The highest BCUT2D eigenvalue weighted by molar-refractivity contribution is 6.35. The molecule has 176 valence electrons. The topological polar surface area (TPSA) is 21.7 Å². The molecule has 1 atom stereocenters. The lowest BCUT2D eigenvalue weighted by molar-refractivity contribution is 0.812. The second kappa shape index (κ2) is 7.44. The molecule has 0 aliphatic heterocycles. The van der Waals surface area contributed by atoms with Crippen molar-refractivity contribution in [3.05, 3.63) is 115 Å². The molecule has 0 N–H and O–H groups in total. The zero-order chi connectivity index (χ0) is 24.7. The van der Waals surface area contributed by atoms with Gasteiger partial charge >= 0.3 is 0 Å². The van der Waals surface area contributed by atoms with Gasteiger partial charge in [-0.25, -0.2) is 0 Å². The minimum Gasteiger partial charge on any atom is -0.308 e. The van der Waals surface area contributed by atoms with Gasteiger partial charge in [0.25, 0.3) is 0 Å². The largest absolute Gasteiger partial charge is 0.308 e. The van der Waals surface area contributed by atoms with Crippen LogP contribution in [0.4, 0.5) is 0 Å². The van der Waals surface area contributed by atoms with E-state index in [9.17, 15) is 0 Å². The zero-order valence-electron chi connectivity index (χ0n) is 20.8. The van der Waals surface area contributed by atoms with E-state index >= 15 is 0 Å². The maximum Gasteiger partial charge on any atom is 0.106 e. The van der Waals surface area contributed by atoms with Gasteiger partial charge < -0.3 is 4.40 Å². The first kappa shape index (κ1) is 20.6. The van der Waals surface area contributed by atoms with Crippen molar-refractivity contribution in [3.63, 3.8) is 0 Å². The van der Waals surface area contributed by atoms with Crippen molar-refractivity contribution in [2.24, 2.45) is 4.99 Å². The third-order valence-corrected chi connectivity index (χ3v) is 7.99. The van der Waals surface area contributed by atoms with Crippen molar-refractivity contribution in [2.75, 3.05) is 0 Å². The SMILES string of the molecule is CC(=N[C@@H](C)c1ccccc1)n1c2ccccc2c2cc3c4ccccc4n4c5ccccc5c(c21)c34. The third-order valence-electron chi connectivity index (χ3n) is 7.99. The first-order chi connectivity index (χ1) is 18.2. The first-order valence-electron chi connectivity index (χ1n) is 12.9. The molecule has 5 aromatic carbocycles. The van der Waals surface area contributed by atoms with E-state index in [1.54, 1.807) is 0 Å². The zero-order valence-corrected chi connectivity index (χ0v) is 20.8. The molecule has 3 nitrogen and oxygen atoms in total. The highest BCUT2D eigenvalue weighted by atomic mass is 15.1. The predicted molar refractivity (Wildman–Crippen MR) is 157 cm³/mol. The summed E-state index contributed by atoms with van der Waals surface area (Å²) >= 11 is 0. The van der Waals surface area contributed by atoms with E-state index in [4.69, 9.17) is 4.99 Å². The van der Waals surface area contributed by atoms with Crippen molar-refractivity contribution in [2.45, 2.75) is 19.9 Å². The third kappa shape index (κ3) is 2.69. The van der Waals surface area contributed by atoms with E-state index in [-0.39, 0.29) is 6.04 Å². The average molecular weight is 476 g/mol. The van der Waals surface area contributed by atoms with Crippen LogP contribution in [-0.2, 0) is 0 Å². The second-order valence-electron chi connectivity index (χ2n) is 10.0. The van der Waals surface area contributed by atoms with Gasteiger partial charge in [-0.3, -0.25) is 9.56 Å². The van der Waals surface area contributed by atoms with E-state index in [1.165, 1.54) is 65.5 Å². The van der Waals surface area contributed by atoms with Crippen molar-refractivity contribution < 1.29 is 0 Å². The van der Waals surface area contributed by atoms with Gasteiger partial charge in [-0.1, -0.05) is 84.9 Å². The summed E-state index contributed by atoms with van der Waals surface area (Å²) < 4.78 is 4.85. The van der Waals surface area contributed by atoms with Crippen molar-refractivity contribution >= 4 is 65.7 Å². The van der Waals surface area contributed by atoms with E-state index in [2.05, 4.69) is 132 Å². The van der Waals surface area contributed by atoms with E-state index in [0.29, 0.717) is 0 Å². The first-order valence-corrected chi connectivity index (χ1v) is 12.9. The summed E-state index contributed by atoms with van der Waals surface area (Å²) in [6.07, 6.45) is 0. The quantitative estimate of drug-likeness (QED) is 0.176. The molecule has 0 unspecified atom stereocenters. The number of aliphatic imine (C=N–C) groups is 1. The maximum atomic E-state index is 5.23. The molecule has 3 heterocycles. The number of fused-ring (bicyclic) bond motifs is 10. The maximum absolute atomic E-state index is 5.23. The smallest absolute Gasteiger partial charge is 0.106 e. The van der Waals surface area contributed by atoms with Crippen LogP contribution in [0.25, 0.3) is 59.9 Å². The molecule has 3 heteroatoms. The van der Waals surface area contributed by atoms with Crippen LogP contribution < -0.4 is 0 Å². The van der Waals surface area contributed by atoms with Crippen LogP contribution in [0.3, 0.4) is 0 Å². The molecule has 0 aliphatic carbocycles. The van der Waals surface area contributed by atoms with E-state index in [1.807, 2.05) is 0 Å². The molecule has 0 bridgehead atoms. The molecule has 0 fully saturated rings. The van der Waals surface area contributed by atoms with E-state index in [0.717, 1.165) is 5.84 Å². The Hall–Kier alpha value is -4.63. The Balaban J connectivity index is 1.59. The summed E-state index contributed by atoms with van der Waals surface area (Å²) in [7, 11) is 0. The van der Waals surface area contributed by atoms with Crippen LogP contribution >= 0.6 is 0 Å². The Morgan fingerprint density at radius 3 is 1.86 bits per heavy atom. The molecule has 0 amide bonds. The van der Waals surface area contributed by atoms with Crippen LogP contribution in [0.5, 0.6) is 0 Å². The van der Waals surface area contributed by atoms with Gasteiger partial charge in [-0.15, -0.1) is 0 Å². The monoisotopic (exact) mass is 475 g/mol. The molecular formula is C34H25N3. The minimum absolute atomic E-state index is 0.0634. The minimum atomic E-state index is 0.0634. The molecule has 37 heavy (non-hydrogen) atoms. The van der Waals surface area contributed by atoms with Gasteiger partial charge in [0, 0.05) is 32.3 Å². The Morgan fingerprint density at radius 2 is 1.14 bits per heavy atom. The van der Waals surface area contributed by atoms with Crippen LogP contribution in [0, 0.1) is 0 Å². The summed E-state index contributed by atoms with van der Waals surface area (Å²) in [6, 6.07) is 39.4. The number of aromatic nitrogens is 2. The van der Waals surface area contributed by atoms with Crippen molar-refractivity contribution in [3.8, 4) is 0 Å². The molecule has 0 spiro atoms. The second-order valence-corrected chi connectivity index (χ2v) is 10.0. The number of nitrogens with zero attached hydrogens (tertiary/aromatic N) is 3. The van der Waals surface area contributed by atoms with Gasteiger partial charge in [0.05, 0.1) is 33.6 Å². The van der Waals surface area contributed by atoms with Gasteiger partial charge in [0.1, 0.15) is 5.84 Å². The Morgan fingerprint density at radius 1 is 0.595 bits per heavy atom. The van der Waals surface area contributed by atoms with Crippen LogP contribution in [0.1, 0.15) is 25.5 Å². The molecular weight excluding hydrogens is 450 g/mol. The highest BCUT2D eigenvalue weighted by Crippen LogP contribution is 2.45. The molecule has 8 rings (SSSR count). The lowest BCUT2D eigenvalue weighted by Crippen LogP contribution is -2.09. The number of hydrogen-bond acceptors (Lipinski definition) is 1. The van der Waals surface area contributed by atoms with Gasteiger partial charge in [0.2, 0.25) is 0 Å². The molecule has 3 aromatic heterocycles. The molecule has 0 radical (unpaired) electrons. The Labute approximate surface area is 214 Å². The molecule has 8 aromatic rings. The normalized spacial score (nSPS) is 13.7. The van der Waals surface area contributed by atoms with Crippen molar-refractivity contribution in [1.29, 1.82) is 0 Å². The lowest BCUT2D eigenvalue weighted by atomic mass is 10.0.